The molecule has 1 aliphatic carbocycles. The number of amides is 1. The summed E-state index contributed by atoms with van der Waals surface area (Å²) >= 11 is 0. The molecule has 0 atom stereocenters. The predicted molar refractivity (Wildman–Crippen MR) is 96.5 cm³/mol. The minimum Gasteiger partial charge on any atom is -0.493 e. The van der Waals surface area contributed by atoms with Gasteiger partial charge in [-0.05, 0) is 48.9 Å². The van der Waals surface area contributed by atoms with Crippen LogP contribution in [0.1, 0.15) is 29.7 Å². The van der Waals surface area contributed by atoms with Crippen LogP contribution in [0.15, 0.2) is 29.1 Å². The first-order valence-electron chi connectivity index (χ1n) is 8.68. The van der Waals surface area contributed by atoms with E-state index in [1.165, 1.54) is 4.68 Å². The maximum absolute atomic E-state index is 12.2. The van der Waals surface area contributed by atoms with Crippen LogP contribution in [0.25, 0.3) is 0 Å². The van der Waals surface area contributed by atoms with Gasteiger partial charge in [-0.15, -0.1) is 0 Å². The van der Waals surface area contributed by atoms with Crippen LogP contribution in [0, 0.1) is 0 Å². The molecule has 1 aromatic heterocycles. The zero-order valence-electron chi connectivity index (χ0n) is 15.1. The number of fused-ring (bicyclic) bond motifs is 1. The van der Waals surface area contributed by atoms with Crippen LogP contribution in [0.5, 0.6) is 11.5 Å². The molecule has 0 radical (unpaired) electrons. The lowest BCUT2D eigenvalue weighted by Crippen LogP contribution is -2.34. The van der Waals surface area contributed by atoms with Crippen LogP contribution < -0.4 is 20.3 Å². The minimum atomic E-state index is -0.259. The number of rotatable bonds is 6. The number of carbonyl (C=O) groups excluding carboxylic acids is 1. The quantitative estimate of drug-likeness (QED) is 0.846. The number of aromatic nitrogens is 2. The molecule has 0 aliphatic heterocycles. The van der Waals surface area contributed by atoms with Gasteiger partial charge >= 0.3 is 0 Å². The van der Waals surface area contributed by atoms with E-state index in [0.717, 1.165) is 42.5 Å². The molecule has 0 spiro atoms. The van der Waals surface area contributed by atoms with E-state index in [1.807, 2.05) is 12.1 Å². The van der Waals surface area contributed by atoms with Crippen LogP contribution in [0.4, 0.5) is 0 Å². The molecule has 3 rings (SSSR count). The highest BCUT2D eigenvalue weighted by atomic mass is 16.5. The topological polar surface area (TPSA) is 82.5 Å². The molecule has 0 unspecified atom stereocenters. The number of carbonyl (C=O) groups is 1. The lowest BCUT2D eigenvalue weighted by atomic mass is 9.97. The maximum atomic E-state index is 12.2. The van der Waals surface area contributed by atoms with Crippen molar-refractivity contribution < 1.29 is 14.3 Å². The van der Waals surface area contributed by atoms with Crippen LogP contribution in [-0.2, 0) is 30.7 Å². The van der Waals surface area contributed by atoms with Crippen molar-refractivity contribution in [2.24, 2.45) is 0 Å². The molecule has 0 bridgehead atoms. The summed E-state index contributed by atoms with van der Waals surface area (Å²) in [7, 11) is 3.14. The monoisotopic (exact) mass is 357 g/mol. The van der Waals surface area contributed by atoms with Gasteiger partial charge in [0.2, 0.25) is 5.91 Å². The predicted octanol–water partition coefficient (Wildman–Crippen LogP) is 1.46. The Labute approximate surface area is 151 Å². The lowest BCUT2D eigenvalue weighted by Gasteiger charge is -2.15. The first-order chi connectivity index (χ1) is 12.6. The van der Waals surface area contributed by atoms with Crippen molar-refractivity contribution in [3.63, 3.8) is 0 Å². The Morgan fingerprint density at radius 2 is 1.92 bits per heavy atom. The molecule has 138 valence electrons. The average Bonchev–Trinajstić information content (AvgIpc) is 2.66. The summed E-state index contributed by atoms with van der Waals surface area (Å²) in [4.78, 5) is 24.4. The second-order valence-corrected chi connectivity index (χ2v) is 6.29. The van der Waals surface area contributed by atoms with Crippen molar-refractivity contribution in [2.75, 3.05) is 14.2 Å². The Hall–Kier alpha value is -2.83. The normalized spacial score (nSPS) is 13.0. The fourth-order valence-electron chi connectivity index (χ4n) is 3.10. The molecule has 0 fully saturated rings. The maximum Gasteiger partial charge on any atom is 0.267 e. The molecule has 7 heteroatoms. The molecule has 1 amide bonds. The number of nitrogens with one attached hydrogen (secondary N) is 1. The summed E-state index contributed by atoms with van der Waals surface area (Å²) < 4.78 is 11.7. The summed E-state index contributed by atoms with van der Waals surface area (Å²) in [6, 6.07) is 7.06. The molecule has 1 aliphatic rings. The van der Waals surface area contributed by atoms with Gasteiger partial charge in [0.25, 0.3) is 5.56 Å². The number of hydrogen-bond donors (Lipinski definition) is 1. The van der Waals surface area contributed by atoms with Crippen molar-refractivity contribution in [3.05, 3.63) is 51.4 Å². The van der Waals surface area contributed by atoms with Gasteiger partial charge < -0.3 is 14.8 Å². The van der Waals surface area contributed by atoms with E-state index in [2.05, 4.69) is 10.4 Å². The molecular formula is C19H23N3O4. The Morgan fingerprint density at radius 1 is 1.15 bits per heavy atom. The third kappa shape index (κ3) is 4.04. The highest BCUT2D eigenvalue weighted by molar-refractivity contribution is 5.75. The van der Waals surface area contributed by atoms with Crippen molar-refractivity contribution in [1.82, 2.24) is 15.1 Å². The first-order valence-corrected chi connectivity index (χ1v) is 8.68. The summed E-state index contributed by atoms with van der Waals surface area (Å²) in [5.74, 6) is 0.976. The van der Waals surface area contributed by atoms with E-state index in [0.29, 0.717) is 18.0 Å². The van der Waals surface area contributed by atoms with Crippen LogP contribution in [0.2, 0.25) is 0 Å². The van der Waals surface area contributed by atoms with Crippen LogP contribution >= 0.6 is 0 Å². The average molecular weight is 357 g/mol. The number of benzene rings is 1. The molecule has 1 N–H and O–H groups in total. The minimum absolute atomic E-state index is 0.0839. The fourth-order valence-corrected chi connectivity index (χ4v) is 3.10. The Kier molecular flexibility index (Phi) is 5.55. The molecular weight excluding hydrogens is 334 g/mol. The summed E-state index contributed by atoms with van der Waals surface area (Å²) in [5.41, 5.74) is 2.60. The third-order valence-electron chi connectivity index (χ3n) is 4.50. The molecule has 26 heavy (non-hydrogen) atoms. The van der Waals surface area contributed by atoms with Gasteiger partial charge in [-0.2, -0.15) is 5.10 Å². The molecule has 0 saturated heterocycles. The van der Waals surface area contributed by atoms with Gasteiger partial charge in [0.15, 0.2) is 11.5 Å². The zero-order chi connectivity index (χ0) is 18.5. The van der Waals surface area contributed by atoms with Crippen molar-refractivity contribution in [3.8, 4) is 11.5 Å². The number of nitrogens with zero attached hydrogens (tertiary/aromatic N) is 2. The van der Waals surface area contributed by atoms with Crippen LogP contribution in [0.3, 0.4) is 0 Å². The number of ether oxygens (including phenoxy) is 2. The number of aryl methyl sites for hydroxylation is 2. The van der Waals surface area contributed by atoms with Crippen molar-refractivity contribution >= 4 is 5.91 Å². The van der Waals surface area contributed by atoms with Gasteiger partial charge in [-0.3, -0.25) is 9.59 Å². The highest BCUT2D eigenvalue weighted by Crippen LogP contribution is 2.27. The summed E-state index contributed by atoms with van der Waals surface area (Å²) in [6.45, 7) is 0.248. The van der Waals surface area contributed by atoms with Gasteiger partial charge in [0.1, 0.15) is 6.54 Å². The SMILES string of the molecule is COc1ccc(CNC(=O)Cn2nc3c(cc2=O)CCCC3)cc1OC. The van der Waals surface area contributed by atoms with Gasteiger partial charge in [-0.25, -0.2) is 4.68 Å². The van der Waals surface area contributed by atoms with Crippen LogP contribution in [-0.4, -0.2) is 29.9 Å². The van der Waals surface area contributed by atoms with Crippen molar-refractivity contribution in [1.29, 1.82) is 0 Å². The van der Waals surface area contributed by atoms with E-state index in [4.69, 9.17) is 9.47 Å². The molecule has 0 saturated carbocycles. The Bertz CT molecular complexity index is 860. The van der Waals surface area contributed by atoms with Gasteiger partial charge in [0, 0.05) is 12.6 Å². The standard InChI is InChI=1S/C19H23N3O4/c1-25-16-8-7-13(9-17(16)26-2)11-20-18(23)12-22-19(24)10-14-5-3-4-6-15(14)21-22/h7-10H,3-6,11-12H2,1-2H3,(H,20,23). The van der Waals surface area contributed by atoms with E-state index >= 15 is 0 Å². The largest absolute Gasteiger partial charge is 0.493 e. The smallest absolute Gasteiger partial charge is 0.267 e. The second-order valence-electron chi connectivity index (χ2n) is 6.29. The lowest BCUT2D eigenvalue weighted by molar-refractivity contribution is -0.122. The molecule has 7 nitrogen and oxygen atoms in total. The van der Waals surface area contributed by atoms with Crippen molar-refractivity contribution in [2.45, 2.75) is 38.8 Å². The molecule has 1 aromatic carbocycles. The van der Waals surface area contributed by atoms with E-state index in [9.17, 15) is 9.59 Å². The van der Waals surface area contributed by atoms with E-state index in [1.54, 1.807) is 26.4 Å². The highest BCUT2D eigenvalue weighted by Gasteiger charge is 2.14. The first kappa shape index (κ1) is 18.0. The zero-order valence-corrected chi connectivity index (χ0v) is 15.1. The second kappa shape index (κ2) is 8.03. The fraction of sp³-hybridized carbons (Fsp3) is 0.421. The number of hydrogen-bond acceptors (Lipinski definition) is 5. The summed E-state index contributed by atoms with van der Waals surface area (Å²) in [6.07, 6.45) is 3.92. The summed E-state index contributed by atoms with van der Waals surface area (Å²) in [5, 5.41) is 7.17. The van der Waals surface area contributed by atoms with E-state index < -0.39 is 0 Å². The van der Waals surface area contributed by atoms with Gasteiger partial charge in [0.05, 0.1) is 19.9 Å². The molecule has 2 aromatic rings. The third-order valence-corrected chi connectivity index (χ3v) is 4.50. The Balaban J connectivity index is 1.64. The van der Waals surface area contributed by atoms with Gasteiger partial charge in [-0.1, -0.05) is 6.07 Å². The molecule has 1 heterocycles. The number of methoxy groups -OCH3 is 2. The Morgan fingerprint density at radius 3 is 2.69 bits per heavy atom. The van der Waals surface area contributed by atoms with E-state index in [-0.39, 0.29) is 18.0 Å².